The predicted molar refractivity (Wildman–Crippen MR) is 90.7 cm³/mol. The topological polar surface area (TPSA) is 58.2 Å². The van der Waals surface area contributed by atoms with Crippen LogP contribution in [0, 0.1) is 0 Å². The molecule has 2 N–H and O–H groups in total. The number of hydrogen-bond acceptors (Lipinski definition) is 3. The highest BCUT2D eigenvalue weighted by Crippen LogP contribution is 2.25. The molecule has 0 radical (unpaired) electrons. The molecule has 4 nitrogen and oxygen atoms in total. The second-order valence-corrected chi connectivity index (χ2v) is 6.40. The second kappa shape index (κ2) is 8.17. The summed E-state index contributed by atoms with van der Waals surface area (Å²) in [5.41, 5.74) is 0.423. The van der Waals surface area contributed by atoms with E-state index in [2.05, 4.69) is 10.6 Å². The molecule has 0 fully saturated rings. The maximum absolute atomic E-state index is 11.8. The van der Waals surface area contributed by atoms with Crippen molar-refractivity contribution in [1.82, 2.24) is 5.32 Å². The zero-order valence-electron chi connectivity index (χ0n) is 11.6. The van der Waals surface area contributed by atoms with Gasteiger partial charge >= 0.3 is 0 Å². The molecule has 1 aromatic heterocycles. The number of aryl methyl sites for hydroxylation is 1. The van der Waals surface area contributed by atoms with Crippen molar-refractivity contribution in [2.75, 3.05) is 11.9 Å². The average Bonchev–Trinajstić information content (AvgIpc) is 3.00. The van der Waals surface area contributed by atoms with Gasteiger partial charge in [0, 0.05) is 16.3 Å². The number of halogens is 2. The lowest BCUT2D eigenvalue weighted by Crippen LogP contribution is -2.33. The molecule has 0 atom stereocenters. The Kier molecular flexibility index (Phi) is 6.24. The van der Waals surface area contributed by atoms with E-state index in [0.717, 1.165) is 4.88 Å². The van der Waals surface area contributed by atoms with Crippen LogP contribution < -0.4 is 10.6 Å². The van der Waals surface area contributed by atoms with Gasteiger partial charge < -0.3 is 10.6 Å². The molecule has 0 saturated heterocycles. The lowest BCUT2D eigenvalue weighted by Gasteiger charge is -2.08. The molecule has 2 rings (SSSR count). The number of carbonyl (C=O) groups is 2. The molecule has 1 heterocycles. The predicted octanol–water partition coefficient (Wildman–Crippen LogP) is 3.74. The average molecular weight is 357 g/mol. The fourth-order valence-corrected chi connectivity index (χ4v) is 2.79. The Morgan fingerprint density at radius 3 is 2.68 bits per heavy atom. The first-order chi connectivity index (χ1) is 10.5. The molecule has 1 aromatic carbocycles. The molecule has 0 spiro atoms. The Bertz CT molecular complexity index is 660. The quantitative estimate of drug-likeness (QED) is 0.827. The van der Waals surface area contributed by atoms with E-state index in [1.165, 1.54) is 0 Å². The van der Waals surface area contributed by atoms with Gasteiger partial charge in [-0.15, -0.1) is 11.3 Å². The highest BCUT2D eigenvalue weighted by Gasteiger charge is 2.09. The Hall–Kier alpha value is -1.56. The Morgan fingerprint density at radius 2 is 1.95 bits per heavy atom. The normalized spacial score (nSPS) is 10.3. The molecule has 7 heteroatoms. The summed E-state index contributed by atoms with van der Waals surface area (Å²) in [7, 11) is 0. The van der Waals surface area contributed by atoms with Gasteiger partial charge in [0.1, 0.15) is 0 Å². The Balaban J connectivity index is 1.75. The molecule has 0 unspecified atom stereocenters. The highest BCUT2D eigenvalue weighted by atomic mass is 35.5. The molecule has 0 bridgehead atoms. The molecular formula is C15H14Cl2N2O2S. The third kappa shape index (κ3) is 5.33. The maximum atomic E-state index is 11.8. The first-order valence-electron chi connectivity index (χ1n) is 6.58. The van der Waals surface area contributed by atoms with E-state index in [1.54, 1.807) is 29.5 Å². The molecule has 116 valence electrons. The van der Waals surface area contributed by atoms with Crippen molar-refractivity contribution in [3.05, 3.63) is 50.6 Å². The number of rotatable bonds is 6. The van der Waals surface area contributed by atoms with Crippen LogP contribution in [-0.2, 0) is 16.0 Å². The summed E-state index contributed by atoms with van der Waals surface area (Å²) in [4.78, 5) is 24.6. The Labute approximate surface area is 142 Å². The summed E-state index contributed by atoms with van der Waals surface area (Å²) in [5.74, 6) is -0.519. The van der Waals surface area contributed by atoms with E-state index >= 15 is 0 Å². The third-order valence-electron chi connectivity index (χ3n) is 2.83. The number of hydrogen-bond donors (Lipinski definition) is 2. The van der Waals surface area contributed by atoms with Gasteiger partial charge in [-0.1, -0.05) is 29.3 Å². The highest BCUT2D eigenvalue weighted by molar-refractivity contribution is 7.09. The number of carbonyl (C=O) groups excluding carboxylic acids is 2. The van der Waals surface area contributed by atoms with Gasteiger partial charge in [0.2, 0.25) is 11.8 Å². The van der Waals surface area contributed by atoms with Gasteiger partial charge in [-0.3, -0.25) is 9.59 Å². The van der Waals surface area contributed by atoms with Gasteiger partial charge in [-0.25, -0.2) is 0 Å². The maximum Gasteiger partial charge on any atom is 0.243 e. The molecule has 2 aromatic rings. The zero-order chi connectivity index (χ0) is 15.9. The van der Waals surface area contributed by atoms with Crippen LogP contribution in [0.15, 0.2) is 35.7 Å². The molecule has 0 aliphatic heterocycles. The first kappa shape index (κ1) is 16.8. The zero-order valence-corrected chi connectivity index (χ0v) is 13.9. The largest absolute Gasteiger partial charge is 0.347 e. The number of benzene rings is 1. The second-order valence-electron chi connectivity index (χ2n) is 4.53. The van der Waals surface area contributed by atoms with Crippen LogP contribution in [0.2, 0.25) is 10.0 Å². The van der Waals surface area contributed by atoms with Crippen molar-refractivity contribution >= 4 is 52.0 Å². The summed E-state index contributed by atoms with van der Waals surface area (Å²) >= 11 is 13.4. The first-order valence-corrected chi connectivity index (χ1v) is 8.22. The lowest BCUT2D eigenvalue weighted by atomic mass is 10.2. The smallest absolute Gasteiger partial charge is 0.243 e. The van der Waals surface area contributed by atoms with E-state index in [0.29, 0.717) is 28.6 Å². The third-order valence-corrected chi connectivity index (χ3v) is 4.33. The van der Waals surface area contributed by atoms with Gasteiger partial charge in [0.05, 0.1) is 17.3 Å². The van der Waals surface area contributed by atoms with Crippen molar-refractivity contribution < 1.29 is 9.59 Å². The number of anilines is 1. The van der Waals surface area contributed by atoms with Crippen LogP contribution in [0.25, 0.3) is 0 Å². The van der Waals surface area contributed by atoms with Crippen molar-refractivity contribution in [2.24, 2.45) is 0 Å². The fourth-order valence-electron chi connectivity index (χ4n) is 1.75. The van der Waals surface area contributed by atoms with Crippen LogP contribution in [0.4, 0.5) is 5.69 Å². The van der Waals surface area contributed by atoms with E-state index in [-0.39, 0.29) is 18.4 Å². The van der Waals surface area contributed by atoms with Crippen molar-refractivity contribution in [2.45, 2.75) is 12.8 Å². The minimum atomic E-state index is -0.353. The van der Waals surface area contributed by atoms with Crippen LogP contribution in [0.1, 0.15) is 11.3 Å². The Morgan fingerprint density at radius 1 is 1.14 bits per heavy atom. The van der Waals surface area contributed by atoms with Crippen molar-refractivity contribution in [1.29, 1.82) is 0 Å². The van der Waals surface area contributed by atoms with Gasteiger partial charge in [0.15, 0.2) is 0 Å². The summed E-state index contributed by atoms with van der Waals surface area (Å²) in [5, 5.41) is 8.01. The number of thiophene rings is 1. The van der Waals surface area contributed by atoms with Crippen LogP contribution in [-0.4, -0.2) is 18.4 Å². The van der Waals surface area contributed by atoms with E-state index < -0.39 is 0 Å². The summed E-state index contributed by atoms with van der Waals surface area (Å²) < 4.78 is 0. The summed E-state index contributed by atoms with van der Waals surface area (Å²) in [6.07, 6.45) is 1.02. The van der Waals surface area contributed by atoms with E-state index in [4.69, 9.17) is 23.2 Å². The van der Waals surface area contributed by atoms with Crippen LogP contribution in [0.5, 0.6) is 0 Å². The SMILES string of the molecule is O=C(CCc1cccs1)NCC(=O)Nc1cc(Cl)ccc1Cl. The van der Waals surface area contributed by atoms with E-state index in [9.17, 15) is 9.59 Å². The van der Waals surface area contributed by atoms with Crippen LogP contribution >= 0.6 is 34.5 Å². The van der Waals surface area contributed by atoms with Crippen molar-refractivity contribution in [3.8, 4) is 0 Å². The molecule has 0 saturated carbocycles. The minimum Gasteiger partial charge on any atom is -0.347 e. The van der Waals surface area contributed by atoms with Crippen molar-refractivity contribution in [3.63, 3.8) is 0 Å². The van der Waals surface area contributed by atoms with Crippen LogP contribution in [0.3, 0.4) is 0 Å². The molecular weight excluding hydrogens is 343 g/mol. The molecule has 22 heavy (non-hydrogen) atoms. The molecule has 0 aliphatic rings. The standard InChI is InChI=1S/C15H14Cl2N2O2S/c16-10-3-5-12(17)13(8-10)19-15(21)9-18-14(20)6-4-11-2-1-7-22-11/h1-3,5,7-8H,4,6,9H2,(H,18,20)(H,19,21). The number of nitrogens with one attached hydrogen (secondary N) is 2. The van der Waals surface area contributed by atoms with E-state index in [1.807, 2.05) is 17.5 Å². The molecule has 0 aliphatic carbocycles. The molecule has 2 amide bonds. The summed E-state index contributed by atoms with van der Waals surface area (Å²) in [6.45, 7) is -0.105. The number of amides is 2. The minimum absolute atomic E-state index is 0.105. The van der Waals surface area contributed by atoms with Gasteiger partial charge in [-0.2, -0.15) is 0 Å². The lowest BCUT2D eigenvalue weighted by molar-refractivity contribution is -0.124. The monoisotopic (exact) mass is 356 g/mol. The van der Waals surface area contributed by atoms with Gasteiger partial charge in [-0.05, 0) is 36.1 Å². The van der Waals surface area contributed by atoms with Gasteiger partial charge in [0.25, 0.3) is 0 Å². The summed E-state index contributed by atoms with van der Waals surface area (Å²) in [6, 6.07) is 8.71. The fraction of sp³-hybridized carbons (Fsp3) is 0.200.